The number of hydrogen-bond acceptors (Lipinski definition) is 4. The maximum atomic E-state index is 10.8. The number of nitrogens with zero attached hydrogens (tertiary/aromatic N) is 1. The van der Waals surface area contributed by atoms with Crippen LogP contribution in [0, 0.1) is 22.5 Å². The van der Waals surface area contributed by atoms with Crippen molar-refractivity contribution in [3.05, 3.63) is 33.9 Å². The number of aryl methyl sites for hydroxylation is 1. The summed E-state index contributed by atoms with van der Waals surface area (Å²) in [4.78, 5) is 10.4. The molecule has 5 heteroatoms. The Bertz CT molecular complexity index is 468. The molecule has 0 atom stereocenters. The number of hydrogen-bond donors (Lipinski definition) is 1. The fourth-order valence-corrected chi connectivity index (χ4v) is 2.33. The van der Waals surface area contributed by atoms with Crippen LogP contribution in [0.2, 0.25) is 0 Å². The molecule has 1 N–H and O–H groups in total. The Morgan fingerprint density at radius 3 is 2.68 bits per heavy atom. The number of ether oxygens (including phenoxy) is 1. The van der Waals surface area contributed by atoms with Crippen molar-refractivity contribution >= 4 is 11.4 Å². The quantitative estimate of drug-likeness (QED) is 0.670. The molecule has 19 heavy (non-hydrogen) atoms. The van der Waals surface area contributed by atoms with Gasteiger partial charge >= 0.3 is 0 Å². The SMILES string of the molecule is Cc1cc(NCC2(C)CCOCC2)ccc1[N+](=O)[O-]. The van der Waals surface area contributed by atoms with Crippen molar-refractivity contribution in [1.29, 1.82) is 0 Å². The molecule has 1 aromatic rings. The lowest BCUT2D eigenvalue weighted by Crippen LogP contribution is -2.33. The second-order valence-corrected chi connectivity index (χ2v) is 5.53. The van der Waals surface area contributed by atoms with E-state index in [0.29, 0.717) is 5.56 Å². The normalized spacial score (nSPS) is 18.0. The molecule has 0 aliphatic carbocycles. The zero-order chi connectivity index (χ0) is 13.9. The van der Waals surface area contributed by atoms with E-state index in [1.165, 1.54) is 0 Å². The maximum Gasteiger partial charge on any atom is 0.272 e. The average molecular weight is 264 g/mol. The van der Waals surface area contributed by atoms with Crippen molar-refractivity contribution < 1.29 is 9.66 Å². The molecule has 0 bridgehead atoms. The van der Waals surface area contributed by atoms with Gasteiger partial charge in [-0.2, -0.15) is 0 Å². The molecule has 0 saturated carbocycles. The third kappa shape index (κ3) is 3.44. The summed E-state index contributed by atoms with van der Waals surface area (Å²) in [5.74, 6) is 0. The van der Waals surface area contributed by atoms with Crippen LogP contribution in [0.4, 0.5) is 11.4 Å². The van der Waals surface area contributed by atoms with Crippen LogP contribution in [0.15, 0.2) is 18.2 Å². The van der Waals surface area contributed by atoms with E-state index in [1.807, 2.05) is 6.07 Å². The molecule has 1 aliphatic heterocycles. The van der Waals surface area contributed by atoms with Crippen LogP contribution in [0.25, 0.3) is 0 Å². The summed E-state index contributed by atoms with van der Waals surface area (Å²) < 4.78 is 5.38. The highest BCUT2D eigenvalue weighted by Crippen LogP contribution is 2.30. The van der Waals surface area contributed by atoms with Gasteiger partial charge in [-0.1, -0.05) is 6.92 Å². The fraction of sp³-hybridized carbons (Fsp3) is 0.571. The van der Waals surface area contributed by atoms with Gasteiger partial charge in [0.1, 0.15) is 0 Å². The van der Waals surface area contributed by atoms with Gasteiger partial charge in [0.25, 0.3) is 5.69 Å². The molecule has 1 heterocycles. The molecule has 1 saturated heterocycles. The van der Waals surface area contributed by atoms with Crippen molar-refractivity contribution in [1.82, 2.24) is 0 Å². The largest absolute Gasteiger partial charge is 0.384 e. The standard InChI is InChI=1S/C14H20N2O3/c1-11-9-12(3-4-13(11)16(17)18)15-10-14(2)5-7-19-8-6-14/h3-4,9,15H,5-8,10H2,1-2H3. The summed E-state index contributed by atoms with van der Waals surface area (Å²) in [5.41, 5.74) is 2.04. The van der Waals surface area contributed by atoms with Gasteiger partial charge in [0.15, 0.2) is 0 Å². The number of nitro benzene ring substituents is 1. The molecule has 0 amide bonds. The van der Waals surface area contributed by atoms with Gasteiger partial charge < -0.3 is 10.1 Å². The van der Waals surface area contributed by atoms with Gasteiger partial charge in [-0.25, -0.2) is 0 Å². The molecule has 0 radical (unpaired) electrons. The van der Waals surface area contributed by atoms with Crippen molar-refractivity contribution in [3.63, 3.8) is 0 Å². The first-order valence-corrected chi connectivity index (χ1v) is 6.57. The van der Waals surface area contributed by atoms with Gasteiger partial charge in [-0.05, 0) is 37.3 Å². The first-order valence-electron chi connectivity index (χ1n) is 6.57. The molecule has 1 fully saturated rings. The monoisotopic (exact) mass is 264 g/mol. The van der Waals surface area contributed by atoms with Crippen LogP contribution in [0.5, 0.6) is 0 Å². The first-order chi connectivity index (χ1) is 9.00. The third-order valence-corrected chi connectivity index (χ3v) is 3.81. The molecule has 0 spiro atoms. The molecule has 0 aromatic heterocycles. The van der Waals surface area contributed by atoms with Crippen LogP contribution in [-0.4, -0.2) is 24.7 Å². The molecule has 5 nitrogen and oxygen atoms in total. The number of anilines is 1. The molecule has 1 aromatic carbocycles. The van der Waals surface area contributed by atoms with Gasteiger partial charge in [0, 0.05) is 37.1 Å². The molecule has 1 aliphatic rings. The Labute approximate surface area is 113 Å². The number of benzene rings is 1. The van der Waals surface area contributed by atoms with Gasteiger partial charge in [-0.3, -0.25) is 10.1 Å². The van der Waals surface area contributed by atoms with E-state index in [1.54, 1.807) is 19.1 Å². The van der Waals surface area contributed by atoms with Crippen molar-refractivity contribution in [2.75, 3.05) is 25.1 Å². The minimum Gasteiger partial charge on any atom is -0.384 e. The van der Waals surface area contributed by atoms with Crippen LogP contribution in [-0.2, 0) is 4.74 Å². The highest BCUT2D eigenvalue weighted by molar-refractivity contribution is 5.53. The molecule has 0 unspecified atom stereocenters. The van der Waals surface area contributed by atoms with E-state index in [9.17, 15) is 10.1 Å². The van der Waals surface area contributed by atoms with E-state index < -0.39 is 0 Å². The predicted molar refractivity (Wildman–Crippen MR) is 74.5 cm³/mol. The lowest BCUT2D eigenvalue weighted by Gasteiger charge is -2.33. The highest BCUT2D eigenvalue weighted by Gasteiger charge is 2.27. The molecule has 2 rings (SSSR count). The van der Waals surface area contributed by atoms with Crippen LogP contribution < -0.4 is 5.32 Å². The Hall–Kier alpha value is -1.62. The minimum atomic E-state index is -0.348. The lowest BCUT2D eigenvalue weighted by molar-refractivity contribution is -0.385. The average Bonchev–Trinajstić information content (AvgIpc) is 2.37. The molecular formula is C14H20N2O3. The summed E-state index contributed by atoms with van der Waals surface area (Å²) in [6.45, 7) is 6.52. The highest BCUT2D eigenvalue weighted by atomic mass is 16.6. The zero-order valence-corrected chi connectivity index (χ0v) is 11.4. The fourth-order valence-electron chi connectivity index (χ4n) is 2.33. The number of rotatable bonds is 4. The van der Waals surface area contributed by atoms with E-state index >= 15 is 0 Å². The summed E-state index contributed by atoms with van der Waals surface area (Å²) >= 11 is 0. The Balaban J connectivity index is 2.00. The summed E-state index contributed by atoms with van der Waals surface area (Å²) in [6.07, 6.45) is 2.10. The smallest absolute Gasteiger partial charge is 0.272 e. The van der Waals surface area contributed by atoms with E-state index in [0.717, 1.165) is 38.3 Å². The van der Waals surface area contributed by atoms with Gasteiger partial charge in [0.2, 0.25) is 0 Å². The van der Waals surface area contributed by atoms with Crippen molar-refractivity contribution in [3.8, 4) is 0 Å². The molecule has 104 valence electrons. The van der Waals surface area contributed by atoms with Crippen LogP contribution in [0.3, 0.4) is 0 Å². The number of nitrogens with one attached hydrogen (secondary N) is 1. The Kier molecular flexibility index (Phi) is 4.04. The maximum absolute atomic E-state index is 10.8. The Morgan fingerprint density at radius 1 is 1.42 bits per heavy atom. The predicted octanol–water partition coefficient (Wildman–Crippen LogP) is 3.13. The van der Waals surface area contributed by atoms with Crippen molar-refractivity contribution in [2.24, 2.45) is 5.41 Å². The van der Waals surface area contributed by atoms with Crippen LogP contribution in [0.1, 0.15) is 25.3 Å². The van der Waals surface area contributed by atoms with Crippen molar-refractivity contribution in [2.45, 2.75) is 26.7 Å². The Morgan fingerprint density at radius 2 is 2.11 bits per heavy atom. The van der Waals surface area contributed by atoms with Gasteiger partial charge in [-0.15, -0.1) is 0 Å². The topological polar surface area (TPSA) is 64.4 Å². The lowest BCUT2D eigenvalue weighted by atomic mass is 9.82. The summed E-state index contributed by atoms with van der Waals surface area (Å²) in [6, 6.07) is 5.17. The zero-order valence-electron chi connectivity index (χ0n) is 11.4. The van der Waals surface area contributed by atoms with E-state index in [-0.39, 0.29) is 16.0 Å². The molecular weight excluding hydrogens is 244 g/mol. The second kappa shape index (κ2) is 5.57. The van der Waals surface area contributed by atoms with Gasteiger partial charge in [0.05, 0.1) is 4.92 Å². The van der Waals surface area contributed by atoms with E-state index in [4.69, 9.17) is 4.74 Å². The summed E-state index contributed by atoms with van der Waals surface area (Å²) in [7, 11) is 0. The second-order valence-electron chi connectivity index (χ2n) is 5.53. The minimum absolute atomic E-state index is 0.169. The van der Waals surface area contributed by atoms with E-state index in [2.05, 4.69) is 12.2 Å². The summed E-state index contributed by atoms with van der Waals surface area (Å²) in [5, 5.41) is 14.1. The van der Waals surface area contributed by atoms with Crippen LogP contribution >= 0.6 is 0 Å². The number of nitro groups is 1. The first kappa shape index (κ1) is 13.8. The third-order valence-electron chi connectivity index (χ3n) is 3.81.